The number of hydrogen-bond acceptors (Lipinski definition) is 5. The zero-order valence-electron chi connectivity index (χ0n) is 22.2. The molecule has 0 spiro atoms. The highest BCUT2D eigenvalue weighted by Gasteiger charge is 2.38. The third kappa shape index (κ3) is 4.81. The smallest absolute Gasteiger partial charge is 0.328 e. The highest BCUT2D eigenvalue weighted by molar-refractivity contribution is 5.57. The fourth-order valence-corrected chi connectivity index (χ4v) is 6.38. The maximum absolute atomic E-state index is 14.2. The number of aryl methyl sites for hydroxylation is 1. The molecule has 5 rings (SSSR count). The summed E-state index contributed by atoms with van der Waals surface area (Å²) in [5.41, 5.74) is 2.80. The zero-order valence-corrected chi connectivity index (χ0v) is 22.2. The fraction of sp³-hybridized carbons (Fsp3) is 0.517. The average molecular weight is 502 g/mol. The average Bonchev–Trinajstić information content (AvgIpc) is 3.68. The summed E-state index contributed by atoms with van der Waals surface area (Å²) >= 11 is 0. The van der Waals surface area contributed by atoms with Crippen molar-refractivity contribution in [2.75, 3.05) is 0 Å². The standard InChI is InChI=1S/C29H39N7O/c1-4-7-11-25-19-35(26-21(5-2)12-13-22(26)6-3)28(37)36(25)20-29(14-16-30-17-15-29)24-10-8-9-23(18-24)27-31-33-34-32-27/h8-10,14-19,21-22,26,30H,4-7,11-13,20H2,1-3H3,(H,31,32,33,34). The first kappa shape index (κ1) is 25.2. The largest absolute Gasteiger partial charge is 0.368 e. The Balaban J connectivity index is 1.59. The van der Waals surface area contributed by atoms with Gasteiger partial charge in [0.05, 0.1) is 5.41 Å². The van der Waals surface area contributed by atoms with Crippen LogP contribution in [0.1, 0.15) is 76.6 Å². The van der Waals surface area contributed by atoms with Gasteiger partial charge in [0, 0.05) is 30.0 Å². The van der Waals surface area contributed by atoms with Crippen LogP contribution < -0.4 is 11.0 Å². The highest BCUT2D eigenvalue weighted by Crippen LogP contribution is 2.44. The van der Waals surface area contributed by atoms with Gasteiger partial charge in [-0.05, 0) is 72.0 Å². The van der Waals surface area contributed by atoms with Crippen molar-refractivity contribution < 1.29 is 0 Å². The molecule has 1 aromatic carbocycles. The van der Waals surface area contributed by atoms with Gasteiger partial charge in [0.1, 0.15) is 0 Å². The van der Waals surface area contributed by atoms with E-state index in [9.17, 15) is 4.79 Å². The van der Waals surface area contributed by atoms with E-state index < -0.39 is 5.41 Å². The molecule has 8 heteroatoms. The number of imidazole rings is 1. The second kappa shape index (κ2) is 10.9. The van der Waals surface area contributed by atoms with Gasteiger partial charge >= 0.3 is 5.69 Å². The number of allylic oxidation sites excluding steroid dienone is 2. The lowest BCUT2D eigenvalue weighted by atomic mass is 9.78. The maximum atomic E-state index is 14.2. The van der Waals surface area contributed by atoms with Crippen molar-refractivity contribution in [3.8, 4) is 11.4 Å². The summed E-state index contributed by atoms with van der Waals surface area (Å²) in [6, 6.07) is 8.56. The topological polar surface area (TPSA) is 93.4 Å². The van der Waals surface area contributed by atoms with Crippen molar-refractivity contribution in [1.29, 1.82) is 0 Å². The SMILES string of the molecule is CCCCc1cn(C2C(CC)CCC2CC)c(=O)n1CC1(c2cccc(-c3nnn[nH]3)c2)C=CNC=C1. The lowest BCUT2D eigenvalue weighted by molar-refractivity contribution is 0.287. The van der Waals surface area contributed by atoms with Crippen molar-refractivity contribution in [1.82, 2.24) is 35.1 Å². The van der Waals surface area contributed by atoms with Gasteiger partial charge in [-0.25, -0.2) is 9.89 Å². The van der Waals surface area contributed by atoms with E-state index >= 15 is 0 Å². The molecule has 8 nitrogen and oxygen atoms in total. The van der Waals surface area contributed by atoms with Gasteiger partial charge in [-0.3, -0.25) is 9.13 Å². The van der Waals surface area contributed by atoms with Crippen LogP contribution in [0.3, 0.4) is 0 Å². The molecule has 2 atom stereocenters. The Bertz CT molecular complexity index is 1280. The van der Waals surface area contributed by atoms with Gasteiger partial charge in [0.2, 0.25) is 0 Å². The van der Waals surface area contributed by atoms with Gasteiger partial charge < -0.3 is 5.32 Å². The lowest BCUT2D eigenvalue weighted by Crippen LogP contribution is -2.38. The van der Waals surface area contributed by atoms with Crippen LogP contribution in [-0.2, 0) is 18.4 Å². The van der Waals surface area contributed by atoms with Crippen LogP contribution in [-0.4, -0.2) is 29.8 Å². The Morgan fingerprint density at radius 1 is 1.08 bits per heavy atom. The molecule has 2 aromatic heterocycles. The Labute approximate surface area is 218 Å². The molecule has 3 heterocycles. The number of hydrogen-bond donors (Lipinski definition) is 2. The summed E-state index contributed by atoms with van der Waals surface area (Å²) in [6.45, 7) is 7.30. The molecule has 2 aliphatic rings. The third-order valence-corrected chi connectivity index (χ3v) is 8.51. The number of H-pyrrole nitrogens is 1. The molecule has 2 N–H and O–H groups in total. The summed E-state index contributed by atoms with van der Waals surface area (Å²) in [5.74, 6) is 1.76. The first-order chi connectivity index (χ1) is 18.1. The predicted molar refractivity (Wildman–Crippen MR) is 146 cm³/mol. The number of aromatic nitrogens is 6. The molecule has 1 fully saturated rings. The molecular weight excluding hydrogens is 462 g/mol. The van der Waals surface area contributed by atoms with Crippen molar-refractivity contribution >= 4 is 0 Å². The number of nitrogens with one attached hydrogen (secondary N) is 2. The van der Waals surface area contributed by atoms with E-state index in [0.717, 1.165) is 48.9 Å². The minimum Gasteiger partial charge on any atom is -0.368 e. The van der Waals surface area contributed by atoms with E-state index in [4.69, 9.17) is 0 Å². The van der Waals surface area contributed by atoms with Gasteiger partial charge in [-0.1, -0.05) is 70.4 Å². The first-order valence-corrected chi connectivity index (χ1v) is 13.9. The van der Waals surface area contributed by atoms with Crippen molar-refractivity contribution in [3.05, 3.63) is 76.8 Å². The second-order valence-corrected chi connectivity index (χ2v) is 10.6. The number of tetrazole rings is 1. The molecule has 0 amide bonds. The maximum Gasteiger partial charge on any atom is 0.328 e. The molecule has 1 aliphatic heterocycles. The van der Waals surface area contributed by atoms with Gasteiger partial charge in [-0.15, -0.1) is 5.10 Å². The van der Waals surface area contributed by atoms with Gasteiger partial charge in [0.25, 0.3) is 0 Å². The van der Waals surface area contributed by atoms with Crippen LogP contribution in [0, 0.1) is 11.8 Å². The van der Waals surface area contributed by atoms with E-state index in [1.165, 1.54) is 12.8 Å². The monoisotopic (exact) mass is 501 g/mol. The number of nitrogens with zero attached hydrogens (tertiary/aromatic N) is 5. The second-order valence-electron chi connectivity index (χ2n) is 10.6. The third-order valence-electron chi connectivity index (χ3n) is 8.51. The molecule has 0 radical (unpaired) electrons. The molecule has 1 saturated carbocycles. The van der Waals surface area contributed by atoms with Gasteiger partial charge in [0.15, 0.2) is 5.82 Å². The van der Waals surface area contributed by atoms with Crippen LogP contribution in [0.2, 0.25) is 0 Å². The summed E-state index contributed by atoms with van der Waals surface area (Å²) in [7, 11) is 0. The van der Waals surface area contributed by atoms with E-state index in [1.54, 1.807) is 0 Å². The van der Waals surface area contributed by atoms with Crippen molar-refractivity contribution in [3.63, 3.8) is 0 Å². The van der Waals surface area contributed by atoms with E-state index in [-0.39, 0.29) is 5.69 Å². The lowest BCUT2D eigenvalue weighted by Gasteiger charge is -2.31. The minimum absolute atomic E-state index is 0.130. The van der Waals surface area contributed by atoms with E-state index in [0.29, 0.717) is 30.2 Å². The quantitative estimate of drug-likeness (QED) is 0.402. The molecule has 0 saturated heterocycles. The van der Waals surface area contributed by atoms with Crippen LogP contribution >= 0.6 is 0 Å². The van der Waals surface area contributed by atoms with Crippen molar-refractivity contribution in [2.24, 2.45) is 11.8 Å². The van der Waals surface area contributed by atoms with Crippen LogP contribution in [0.25, 0.3) is 11.4 Å². The van der Waals surface area contributed by atoms with Gasteiger partial charge in [-0.2, -0.15) is 0 Å². The Morgan fingerprint density at radius 2 is 1.84 bits per heavy atom. The Morgan fingerprint density at radius 3 is 2.49 bits per heavy atom. The normalized spacial score (nSPS) is 22.4. The Kier molecular flexibility index (Phi) is 7.44. The van der Waals surface area contributed by atoms with Crippen molar-refractivity contribution in [2.45, 2.75) is 83.7 Å². The number of unbranched alkanes of at least 4 members (excludes halogenated alkanes) is 1. The summed E-state index contributed by atoms with van der Waals surface area (Å²) < 4.78 is 4.16. The number of dihydropyridines is 1. The molecule has 37 heavy (non-hydrogen) atoms. The van der Waals surface area contributed by atoms with Crippen LogP contribution in [0.4, 0.5) is 0 Å². The number of benzene rings is 1. The number of aromatic amines is 1. The molecule has 3 aromatic rings. The molecule has 1 aliphatic carbocycles. The summed E-state index contributed by atoms with van der Waals surface area (Å²) in [4.78, 5) is 14.2. The van der Waals surface area contributed by atoms with Crippen LogP contribution in [0.15, 0.2) is 59.8 Å². The molecule has 2 unspecified atom stereocenters. The molecular formula is C29H39N7O. The minimum atomic E-state index is -0.477. The Hall–Kier alpha value is -3.42. The molecule has 196 valence electrons. The fourth-order valence-electron chi connectivity index (χ4n) is 6.38. The number of rotatable bonds is 10. The predicted octanol–water partition coefficient (Wildman–Crippen LogP) is 5.13. The van der Waals surface area contributed by atoms with E-state index in [1.807, 2.05) is 24.5 Å². The summed E-state index contributed by atoms with van der Waals surface area (Å²) in [5, 5.41) is 17.6. The summed E-state index contributed by atoms with van der Waals surface area (Å²) in [6.07, 6.45) is 18.2. The zero-order chi connectivity index (χ0) is 25.8. The van der Waals surface area contributed by atoms with E-state index in [2.05, 4.69) is 86.3 Å². The van der Waals surface area contributed by atoms with Crippen LogP contribution in [0.5, 0.6) is 0 Å². The highest BCUT2D eigenvalue weighted by atomic mass is 16.1. The first-order valence-electron chi connectivity index (χ1n) is 13.9. The molecule has 0 bridgehead atoms.